The first kappa shape index (κ1) is 14.7. The maximum atomic E-state index is 12.2. The van der Waals surface area contributed by atoms with Crippen LogP contribution >= 0.6 is 12.4 Å². The van der Waals surface area contributed by atoms with Crippen molar-refractivity contribution in [1.82, 2.24) is 9.88 Å². The van der Waals surface area contributed by atoms with Crippen molar-refractivity contribution in [3.05, 3.63) is 24.0 Å². The van der Waals surface area contributed by atoms with Gasteiger partial charge in [-0.05, 0) is 18.9 Å². The van der Waals surface area contributed by atoms with E-state index in [0.29, 0.717) is 24.3 Å². The summed E-state index contributed by atoms with van der Waals surface area (Å²) >= 11 is 0. The fourth-order valence-corrected chi connectivity index (χ4v) is 2.05. The summed E-state index contributed by atoms with van der Waals surface area (Å²) in [4.78, 5) is 17.9. The molecule has 0 aliphatic carbocycles. The highest BCUT2D eigenvalue weighted by Gasteiger charge is 2.24. The van der Waals surface area contributed by atoms with Crippen LogP contribution in [0.1, 0.15) is 23.2 Å². The molecular weight excluding hydrogens is 254 g/mol. The number of rotatable bonds is 2. The summed E-state index contributed by atoms with van der Waals surface area (Å²) in [5, 5.41) is 0. The number of amides is 1. The molecule has 0 unspecified atom stereocenters. The van der Waals surface area contributed by atoms with E-state index < -0.39 is 0 Å². The van der Waals surface area contributed by atoms with E-state index in [2.05, 4.69) is 4.98 Å². The SMILES string of the molecule is COC1CCN(C(=O)c2cnccc2N)CC1.Cl. The predicted molar refractivity (Wildman–Crippen MR) is 71.8 cm³/mol. The number of methoxy groups -OCH3 is 1. The average molecular weight is 272 g/mol. The van der Waals surface area contributed by atoms with Crippen LogP contribution in [-0.2, 0) is 4.74 Å². The summed E-state index contributed by atoms with van der Waals surface area (Å²) in [5.41, 5.74) is 6.74. The molecule has 1 aromatic rings. The summed E-state index contributed by atoms with van der Waals surface area (Å²) in [6.07, 6.45) is 5.14. The van der Waals surface area contributed by atoms with E-state index in [4.69, 9.17) is 10.5 Å². The Hall–Kier alpha value is -1.33. The smallest absolute Gasteiger partial charge is 0.257 e. The second-order valence-electron chi connectivity index (χ2n) is 4.19. The number of piperidine rings is 1. The first-order chi connectivity index (χ1) is 8.22. The van der Waals surface area contributed by atoms with Gasteiger partial charge in [0, 0.05) is 38.3 Å². The third-order valence-corrected chi connectivity index (χ3v) is 3.15. The molecule has 6 heteroatoms. The number of pyridine rings is 1. The molecule has 0 radical (unpaired) electrons. The average Bonchev–Trinajstić information content (AvgIpc) is 2.39. The van der Waals surface area contributed by atoms with Crippen molar-refractivity contribution < 1.29 is 9.53 Å². The second-order valence-corrected chi connectivity index (χ2v) is 4.19. The Bertz CT molecular complexity index is 406. The van der Waals surface area contributed by atoms with Crippen molar-refractivity contribution in [2.75, 3.05) is 25.9 Å². The number of halogens is 1. The monoisotopic (exact) mass is 271 g/mol. The number of hydrogen-bond donors (Lipinski definition) is 1. The van der Waals surface area contributed by atoms with E-state index >= 15 is 0 Å². The van der Waals surface area contributed by atoms with Gasteiger partial charge in [-0.2, -0.15) is 0 Å². The predicted octanol–water partition coefficient (Wildman–Crippen LogP) is 1.34. The Morgan fingerprint density at radius 2 is 2.17 bits per heavy atom. The highest BCUT2D eigenvalue weighted by atomic mass is 35.5. The number of likely N-dealkylation sites (tertiary alicyclic amines) is 1. The topological polar surface area (TPSA) is 68.5 Å². The van der Waals surface area contributed by atoms with Crippen LogP contribution in [0, 0.1) is 0 Å². The van der Waals surface area contributed by atoms with Gasteiger partial charge >= 0.3 is 0 Å². The van der Waals surface area contributed by atoms with Crippen molar-refractivity contribution in [2.45, 2.75) is 18.9 Å². The zero-order valence-corrected chi connectivity index (χ0v) is 11.2. The summed E-state index contributed by atoms with van der Waals surface area (Å²) in [6.45, 7) is 1.43. The Kier molecular flexibility index (Phi) is 5.37. The lowest BCUT2D eigenvalue weighted by atomic mass is 10.1. The maximum Gasteiger partial charge on any atom is 0.257 e. The maximum absolute atomic E-state index is 12.2. The van der Waals surface area contributed by atoms with E-state index in [-0.39, 0.29) is 24.4 Å². The Morgan fingerprint density at radius 1 is 1.50 bits per heavy atom. The number of nitrogen functional groups attached to an aromatic ring is 1. The lowest BCUT2D eigenvalue weighted by molar-refractivity contribution is 0.0351. The van der Waals surface area contributed by atoms with Gasteiger partial charge in [-0.25, -0.2) is 0 Å². The Labute approximate surface area is 113 Å². The highest BCUT2D eigenvalue weighted by Crippen LogP contribution is 2.18. The third kappa shape index (κ3) is 3.11. The van der Waals surface area contributed by atoms with E-state index in [9.17, 15) is 4.79 Å². The fraction of sp³-hybridized carbons (Fsp3) is 0.500. The van der Waals surface area contributed by atoms with Gasteiger partial charge in [-0.15, -0.1) is 12.4 Å². The van der Waals surface area contributed by atoms with Crippen molar-refractivity contribution in [1.29, 1.82) is 0 Å². The van der Waals surface area contributed by atoms with Crippen LogP contribution in [0.25, 0.3) is 0 Å². The lowest BCUT2D eigenvalue weighted by Gasteiger charge is -2.31. The van der Waals surface area contributed by atoms with E-state index in [0.717, 1.165) is 12.8 Å². The summed E-state index contributed by atoms with van der Waals surface area (Å²) in [5.74, 6) is -0.0369. The van der Waals surface area contributed by atoms with Crippen LogP contribution in [0.3, 0.4) is 0 Å². The number of carbonyl (C=O) groups is 1. The van der Waals surface area contributed by atoms with E-state index in [1.54, 1.807) is 19.4 Å². The third-order valence-electron chi connectivity index (χ3n) is 3.15. The number of nitrogens with two attached hydrogens (primary N) is 1. The number of ether oxygens (including phenoxy) is 1. The molecular formula is C12H18ClN3O2. The van der Waals surface area contributed by atoms with Gasteiger partial charge in [-0.1, -0.05) is 0 Å². The molecule has 0 aromatic carbocycles. The van der Waals surface area contributed by atoms with Crippen LogP contribution in [0.2, 0.25) is 0 Å². The second kappa shape index (κ2) is 6.56. The first-order valence-corrected chi connectivity index (χ1v) is 5.74. The number of hydrogen-bond acceptors (Lipinski definition) is 4. The minimum Gasteiger partial charge on any atom is -0.398 e. The van der Waals surface area contributed by atoms with Crippen molar-refractivity contribution in [2.24, 2.45) is 0 Å². The molecule has 0 spiro atoms. The highest BCUT2D eigenvalue weighted by molar-refractivity contribution is 5.98. The van der Waals surface area contributed by atoms with Gasteiger partial charge in [0.15, 0.2) is 0 Å². The van der Waals surface area contributed by atoms with Crippen molar-refractivity contribution in [3.63, 3.8) is 0 Å². The standard InChI is InChI=1S/C12H17N3O2.ClH/c1-17-9-3-6-15(7-4-9)12(16)10-8-14-5-2-11(10)13;/h2,5,8-9H,3-4,6-7H2,1H3,(H2,13,14);1H. The molecule has 100 valence electrons. The fourth-order valence-electron chi connectivity index (χ4n) is 2.05. The quantitative estimate of drug-likeness (QED) is 0.881. The zero-order valence-electron chi connectivity index (χ0n) is 10.3. The van der Waals surface area contributed by atoms with Crippen LogP contribution in [0.15, 0.2) is 18.5 Å². The first-order valence-electron chi connectivity index (χ1n) is 5.74. The zero-order chi connectivity index (χ0) is 12.3. The number of carbonyl (C=O) groups excluding carboxylic acids is 1. The molecule has 2 rings (SSSR count). The van der Waals surface area contributed by atoms with Gasteiger partial charge in [0.25, 0.3) is 5.91 Å². The molecule has 0 atom stereocenters. The number of aromatic nitrogens is 1. The molecule has 1 aromatic heterocycles. The van der Waals surface area contributed by atoms with Crippen LogP contribution < -0.4 is 5.73 Å². The summed E-state index contributed by atoms with van der Waals surface area (Å²) in [7, 11) is 1.71. The van der Waals surface area contributed by atoms with E-state index in [1.165, 1.54) is 6.20 Å². The lowest BCUT2D eigenvalue weighted by Crippen LogP contribution is -2.40. The van der Waals surface area contributed by atoms with Crippen LogP contribution in [0.5, 0.6) is 0 Å². The van der Waals surface area contributed by atoms with E-state index in [1.807, 2.05) is 4.90 Å². The Morgan fingerprint density at radius 3 is 2.72 bits per heavy atom. The molecule has 0 bridgehead atoms. The number of anilines is 1. The minimum atomic E-state index is -0.0369. The van der Waals surface area contributed by atoms with Gasteiger partial charge in [-0.3, -0.25) is 9.78 Å². The summed E-state index contributed by atoms with van der Waals surface area (Å²) < 4.78 is 5.27. The minimum absolute atomic E-state index is 0. The van der Waals surface area contributed by atoms with Crippen molar-refractivity contribution in [3.8, 4) is 0 Å². The molecule has 0 saturated carbocycles. The molecule has 2 heterocycles. The van der Waals surface area contributed by atoms with Gasteiger partial charge in [0.2, 0.25) is 0 Å². The normalized spacial score (nSPS) is 16.2. The van der Waals surface area contributed by atoms with Gasteiger partial charge in [0.05, 0.1) is 11.7 Å². The molecule has 1 amide bonds. The molecule has 1 aliphatic heterocycles. The van der Waals surface area contributed by atoms with Crippen molar-refractivity contribution >= 4 is 24.0 Å². The molecule has 1 fully saturated rings. The molecule has 5 nitrogen and oxygen atoms in total. The molecule has 18 heavy (non-hydrogen) atoms. The van der Waals surface area contributed by atoms with Gasteiger partial charge < -0.3 is 15.4 Å². The van der Waals surface area contributed by atoms with Crippen LogP contribution in [0.4, 0.5) is 5.69 Å². The largest absolute Gasteiger partial charge is 0.398 e. The molecule has 1 aliphatic rings. The summed E-state index contributed by atoms with van der Waals surface area (Å²) in [6, 6.07) is 1.65. The number of nitrogens with zero attached hydrogens (tertiary/aromatic N) is 2. The molecule has 2 N–H and O–H groups in total. The van der Waals surface area contributed by atoms with Crippen LogP contribution in [-0.4, -0.2) is 42.1 Å². The molecule has 1 saturated heterocycles. The Balaban J connectivity index is 0.00000162. The van der Waals surface area contributed by atoms with Gasteiger partial charge in [0.1, 0.15) is 0 Å².